The van der Waals surface area contributed by atoms with E-state index >= 15 is 0 Å². The van der Waals surface area contributed by atoms with Crippen LogP contribution < -0.4 is 32.7 Å². The molecule has 72 heavy (non-hydrogen) atoms. The van der Waals surface area contributed by atoms with Crippen molar-refractivity contribution >= 4 is 69.5 Å². The van der Waals surface area contributed by atoms with Crippen LogP contribution in [0.25, 0.3) is 0 Å². The van der Waals surface area contributed by atoms with Gasteiger partial charge in [0.1, 0.15) is 17.3 Å². The summed E-state index contributed by atoms with van der Waals surface area (Å²) < 4.78 is 108. The first-order chi connectivity index (χ1) is 33.3. The predicted octanol–water partition coefficient (Wildman–Crippen LogP) is -3.04. The molecule has 0 fully saturated rings. The fourth-order valence-corrected chi connectivity index (χ4v) is 11.2. The fraction of sp³-hybridized carbons (Fsp3) is 0.605. The van der Waals surface area contributed by atoms with Crippen LogP contribution in [0.2, 0.25) is 0 Å². The van der Waals surface area contributed by atoms with Crippen molar-refractivity contribution in [3.63, 3.8) is 0 Å². The second-order valence-corrected chi connectivity index (χ2v) is 25.7. The highest BCUT2D eigenvalue weighted by molar-refractivity contribution is 7.89. The van der Waals surface area contributed by atoms with E-state index in [1.165, 1.54) is 57.2 Å². The molecule has 2 aromatic carbocycles. The number of Topliss-reactive ketones (excluding diaryl/α,β-unsaturated/α-hetero) is 1. The Kier molecular flexibility index (Phi) is 25.6. The Labute approximate surface area is 423 Å². The molecule has 0 spiro atoms. The summed E-state index contributed by atoms with van der Waals surface area (Å²) in [5.41, 5.74) is 12.5. The number of hydrogen-bond acceptors (Lipinski definition) is 17. The standard InChI is InChI=1S/C43H72N10O15S4/c1-31(23-50(24-32(2)54)69(4,61)62)46-41(58)28-52(71(6,65)66)26-38(22-35-12-16-40(57)17-13-35)49-42(59)29-51(70(5,63)64)25-36(9-7-8-18-44)48-43(60)30-53(72(67,68)20-19-45)27-37(47-33(3)55)21-34-10-14-39(56)15-11-34/h10-17,31,36-38,56-57H,7-9,18-30,44-45H2,1-6H3,(H,46,58)(H,47,55)(H,48,60)(H,49,59)/t31-,36-,37-,38-/m0/s1. The van der Waals surface area contributed by atoms with Crippen LogP contribution in [0, 0.1) is 0 Å². The fourth-order valence-electron chi connectivity index (χ4n) is 7.38. The Morgan fingerprint density at radius 1 is 0.528 bits per heavy atom. The number of hydrogen-bond donors (Lipinski definition) is 8. The maximum absolute atomic E-state index is 13.9. The van der Waals surface area contributed by atoms with Crippen LogP contribution in [-0.2, 0) is 76.9 Å². The molecule has 25 nitrogen and oxygen atoms in total. The summed E-state index contributed by atoms with van der Waals surface area (Å²) in [6.07, 6.45) is 3.49. The van der Waals surface area contributed by atoms with Crippen molar-refractivity contribution in [3.8, 4) is 11.5 Å². The maximum Gasteiger partial charge on any atom is 0.235 e. The largest absolute Gasteiger partial charge is 0.508 e. The zero-order chi connectivity index (χ0) is 54.6. The van der Waals surface area contributed by atoms with Crippen LogP contribution >= 0.6 is 0 Å². The molecular formula is C43H72N10O15S4. The number of nitrogens with two attached hydrogens (primary N) is 2. The number of benzene rings is 2. The molecule has 4 atom stereocenters. The van der Waals surface area contributed by atoms with Crippen LogP contribution in [0.4, 0.5) is 0 Å². The van der Waals surface area contributed by atoms with Gasteiger partial charge < -0.3 is 42.9 Å². The van der Waals surface area contributed by atoms with Gasteiger partial charge in [-0.25, -0.2) is 33.7 Å². The summed E-state index contributed by atoms with van der Waals surface area (Å²) >= 11 is 0. The average Bonchev–Trinajstić information content (AvgIpc) is 3.22. The van der Waals surface area contributed by atoms with Crippen LogP contribution in [0.1, 0.15) is 51.2 Å². The van der Waals surface area contributed by atoms with E-state index in [9.17, 15) is 67.9 Å². The van der Waals surface area contributed by atoms with Gasteiger partial charge in [-0.2, -0.15) is 17.2 Å². The van der Waals surface area contributed by atoms with E-state index in [-0.39, 0.29) is 56.9 Å². The Morgan fingerprint density at radius 3 is 1.33 bits per heavy atom. The van der Waals surface area contributed by atoms with Crippen molar-refractivity contribution in [3.05, 3.63) is 59.7 Å². The molecule has 0 saturated heterocycles. The van der Waals surface area contributed by atoms with Gasteiger partial charge >= 0.3 is 0 Å². The summed E-state index contributed by atoms with van der Waals surface area (Å²) in [4.78, 5) is 64.9. The SMILES string of the molecule is CC(=O)CN(C[C@H](C)NC(=O)CN(C[C@H](Cc1ccc(O)cc1)NC(=O)CN(C[C@H](CCCCN)NC(=O)CN(C[C@H](Cc1ccc(O)cc1)NC(C)=O)S(=O)(=O)CCN)S(C)(=O)=O)S(C)(=O)=O)S(C)(=O)=O. The second kappa shape index (κ2) is 29.1. The minimum Gasteiger partial charge on any atom is -0.508 e. The van der Waals surface area contributed by atoms with Gasteiger partial charge in [0.25, 0.3) is 0 Å². The number of ketones is 1. The lowest BCUT2D eigenvalue weighted by Crippen LogP contribution is -2.54. The van der Waals surface area contributed by atoms with Crippen LogP contribution in [0.3, 0.4) is 0 Å². The molecule has 4 amide bonds. The average molecular weight is 1100 g/mol. The molecule has 0 saturated carbocycles. The van der Waals surface area contributed by atoms with Crippen molar-refractivity contribution in [2.24, 2.45) is 11.5 Å². The van der Waals surface area contributed by atoms with Gasteiger partial charge in [-0.3, -0.25) is 24.0 Å². The Bertz CT molecular complexity index is 2570. The molecule has 29 heteroatoms. The van der Waals surface area contributed by atoms with Crippen molar-refractivity contribution < 1.29 is 67.9 Å². The molecule has 0 heterocycles. The number of carbonyl (C=O) groups excluding carboxylic acids is 5. The minimum atomic E-state index is -4.26. The lowest BCUT2D eigenvalue weighted by Gasteiger charge is -2.30. The molecule has 408 valence electrons. The third kappa shape index (κ3) is 24.7. The van der Waals surface area contributed by atoms with Crippen LogP contribution in [-0.4, -0.2) is 205 Å². The molecule has 0 aromatic heterocycles. The first kappa shape index (κ1) is 63.3. The van der Waals surface area contributed by atoms with Gasteiger partial charge in [-0.15, -0.1) is 0 Å². The molecule has 10 N–H and O–H groups in total. The van der Waals surface area contributed by atoms with Crippen molar-refractivity contribution in [2.75, 3.05) is 90.0 Å². The third-order valence-electron chi connectivity index (χ3n) is 10.7. The molecule has 2 rings (SSSR count). The topological polar surface area (TPSA) is 375 Å². The number of aromatic hydroxyl groups is 2. The van der Waals surface area contributed by atoms with Crippen molar-refractivity contribution in [1.29, 1.82) is 0 Å². The number of nitrogens with zero attached hydrogens (tertiary/aromatic N) is 4. The quantitative estimate of drug-likeness (QED) is 0.0323. The lowest BCUT2D eigenvalue weighted by atomic mass is 10.1. The molecule has 0 aliphatic heterocycles. The van der Waals surface area contributed by atoms with Crippen molar-refractivity contribution in [2.45, 2.75) is 77.0 Å². The zero-order valence-electron chi connectivity index (χ0n) is 41.5. The lowest BCUT2D eigenvalue weighted by molar-refractivity contribution is -0.123. The van der Waals surface area contributed by atoms with E-state index in [0.717, 1.165) is 36.0 Å². The third-order valence-corrected chi connectivity index (χ3v) is 16.1. The number of nitrogens with one attached hydrogen (secondary N) is 4. The Morgan fingerprint density at radius 2 is 0.917 bits per heavy atom. The molecule has 0 bridgehead atoms. The minimum absolute atomic E-state index is 0.0145. The second-order valence-electron chi connectivity index (χ2n) is 17.7. The number of rotatable bonds is 34. The maximum atomic E-state index is 13.9. The molecule has 2 aromatic rings. The summed E-state index contributed by atoms with van der Waals surface area (Å²) in [6, 6.07) is 7.80. The first-order valence-corrected chi connectivity index (χ1v) is 29.9. The Balaban J connectivity index is 2.42. The Hall–Kier alpha value is -4.85. The van der Waals surface area contributed by atoms with E-state index in [4.69, 9.17) is 11.5 Å². The summed E-state index contributed by atoms with van der Waals surface area (Å²) in [5.74, 6) is -4.24. The number of sulfonamides is 4. The normalized spacial score (nSPS) is 14.2. The molecule has 0 aliphatic rings. The summed E-state index contributed by atoms with van der Waals surface area (Å²) in [5, 5.41) is 30.2. The molecule has 0 aliphatic carbocycles. The number of phenols is 2. The predicted molar refractivity (Wildman–Crippen MR) is 270 cm³/mol. The highest BCUT2D eigenvalue weighted by Crippen LogP contribution is 2.16. The van der Waals surface area contributed by atoms with E-state index in [1.807, 2.05) is 0 Å². The highest BCUT2D eigenvalue weighted by atomic mass is 32.2. The smallest absolute Gasteiger partial charge is 0.235 e. The van der Waals surface area contributed by atoms with Crippen molar-refractivity contribution in [1.82, 2.24) is 38.5 Å². The number of phenolic OH excluding ortho intramolecular Hbond substituents is 2. The van der Waals surface area contributed by atoms with E-state index in [2.05, 4.69) is 21.3 Å². The summed E-state index contributed by atoms with van der Waals surface area (Å²) in [7, 11) is -16.6. The van der Waals surface area contributed by atoms with Crippen LogP contribution in [0.15, 0.2) is 48.5 Å². The van der Waals surface area contributed by atoms with E-state index in [0.29, 0.717) is 24.0 Å². The number of unbranched alkanes of at least 4 members (excludes halogenated alkanes) is 1. The van der Waals surface area contributed by atoms with Gasteiger partial charge in [-0.1, -0.05) is 30.7 Å². The summed E-state index contributed by atoms with van der Waals surface area (Å²) in [6.45, 7) is -0.773. The molecular weight excluding hydrogens is 1020 g/mol. The number of amides is 4. The van der Waals surface area contributed by atoms with E-state index < -0.39 is 139 Å². The first-order valence-electron chi connectivity index (χ1n) is 22.7. The van der Waals surface area contributed by atoms with E-state index in [1.54, 1.807) is 12.1 Å². The number of carbonyl (C=O) groups is 5. The highest BCUT2D eigenvalue weighted by Gasteiger charge is 2.32. The van der Waals surface area contributed by atoms with Gasteiger partial charge in [0.2, 0.25) is 63.7 Å². The monoisotopic (exact) mass is 1100 g/mol. The van der Waals surface area contributed by atoms with Gasteiger partial charge in [0.15, 0.2) is 0 Å². The van der Waals surface area contributed by atoms with Crippen LogP contribution in [0.5, 0.6) is 11.5 Å². The zero-order valence-corrected chi connectivity index (χ0v) is 44.8. The van der Waals surface area contributed by atoms with Gasteiger partial charge in [-0.05, 0) is 81.5 Å². The molecule has 0 radical (unpaired) electrons. The van der Waals surface area contributed by atoms with Gasteiger partial charge in [0, 0.05) is 63.8 Å². The molecule has 0 unspecified atom stereocenters. The van der Waals surface area contributed by atoms with Gasteiger partial charge in [0.05, 0.1) is 50.7 Å².